The lowest BCUT2D eigenvalue weighted by Gasteiger charge is -2.14. The fourth-order valence-electron chi connectivity index (χ4n) is 2.83. The normalized spacial score (nSPS) is 11.8. The Bertz CT molecular complexity index is 1100. The number of nitriles is 1. The van der Waals surface area contributed by atoms with Gasteiger partial charge in [-0.3, -0.25) is 0 Å². The predicted octanol–water partition coefficient (Wildman–Crippen LogP) is 5.74. The Morgan fingerprint density at radius 2 is 1.92 bits per heavy atom. The van der Waals surface area contributed by atoms with Gasteiger partial charge in [-0.15, -0.1) is 11.3 Å². The zero-order valence-electron chi connectivity index (χ0n) is 13.6. The van der Waals surface area contributed by atoms with Gasteiger partial charge in [0.15, 0.2) is 0 Å². The van der Waals surface area contributed by atoms with Crippen LogP contribution < -0.4 is 5.32 Å². The van der Waals surface area contributed by atoms with Crippen LogP contribution in [0.25, 0.3) is 10.2 Å². The summed E-state index contributed by atoms with van der Waals surface area (Å²) in [6.45, 7) is 0. The van der Waals surface area contributed by atoms with Crippen molar-refractivity contribution in [2.75, 3.05) is 5.32 Å². The highest BCUT2D eigenvalue weighted by molar-refractivity contribution is 7.16. The molecule has 1 unspecified atom stereocenters. The van der Waals surface area contributed by atoms with E-state index in [0.29, 0.717) is 5.02 Å². The number of nitrogens with one attached hydrogen (secondary N) is 1. The van der Waals surface area contributed by atoms with Crippen molar-refractivity contribution < 1.29 is 0 Å². The van der Waals surface area contributed by atoms with E-state index in [9.17, 15) is 5.26 Å². The molecule has 0 aliphatic heterocycles. The summed E-state index contributed by atoms with van der Waals surface area (Å²) in [6, 6.07) is 19.6. The minimum Gasteiger partial charge on any atom is -0.340 e. The molecule has 0 radical (unpaired) electrons. The minimum absolute atomic E-state index is 0.402. The molecule has 0 amide bonds. The van der Waals surface area contributed by atoms with E-state index >= 15 is 0 Å². The van der Waals surface area contributed by atoms with Gasteiger partial charge in [0.05, 0.1) is 17.4 Å². The second-order valence-corrected chi connectivity index (χ2v) is 7.00. The van der Waals surface area contributed by atoms with Gasteiger partial charge < -0.3 is 5.32 Å². The maximum Gasteiger partial charge on any atom is 0.142 e. The number of aromatic nitrogens is 2. The standard InChI is InChI=1S/C20H13ClN4S/c21-18-10-14(25-19-16-8-9-26-20(16)24-12-23-19)6-7-15(18)17(11-22)13-4-2-1-3-5-13/h1-10,12,17H,(H,23,24,25). The van der Waals surface area contributed by atoms with Crippen LogP contribution in [0, 0.1) is 11.3 Å². The van der Waals surface area contributed by atoms with Gasteiger partial charge in [-0.2, -0.15) is 5.26 Å². The molecule has 0 aliphatic rings. The highest BCUT2D eigenvalue weighted by atomic mass is 35.5. The fraction of sp³-hybridized carbons (Fsp3) is 0.0500. The Kier molecular flexibility index (Phi) is 4.53. The average Bonchev–Trinajstić information content (AvgIpc) is 3.15. The van der Waals surface area contributed by atoms with Crippen LogP contribution in [-0.4, -0.2) is 9.97 Å². The van der Waals surface area contributed by atoms with E-state index in [1.807, 2.05) is 60.0 Å². The van der Waals surface area contributed by atoms with Crippen molar-refractivity contribution in [3.05, 3.63) is 82.5 Å². The predicted molar refractivity (Wildman–Crippen MR) is 106 cm³/mol. The SMILES string of the molecule is N#CC(c1ccccc1)c1ccc(Nc2ncnc3sccc23)cc1Cl. The molecule has 6 heteroatoms. The second kappa shape index (κ2) is 7.12. The van der Waals surface area contributed by atoms with Gasteiger partial charge in [-0.25, -0.2) is 9.97 Å². The van der Waals surface area contributed by atoms with Crippen LogP contribution in [0.4, 0.5) is 11.5 Å². The molecule has 2 aromatic heterocycles. The van der Waals surface area contributed by atoms with Crippen LogP contribution >= 0.6 is 22.9 Å². The van der Waals surface area contributed by atoms with Crippen LogP contribution in [0.1, 0.15) is 17.0 Å². The number of nitrogens with zero attached hydrogens (tertiary/aromatic N) is 3. The van der Waals surface area contributed by atoms with Gasteiger partial charge in [-0.1, -0.05) is 48.0 Å². The number of rotatable bonds is 4. The highest BCUT2D eigenvalue weighted by Crippen LogP contribution is 2.33. The zero-order chi connectivity index (χ0) is 17.9. The number of anilines is 2. The van der Waals surface area contributed by atoms with Crippen LogP contribution in [0.5, 0.6) is 0 Å². The smallest absolute Gasteiger partial charge is 0.142 e. The first kappa shape index (κ1) is 16.5. The lowest BCUT2D eigenvalue weighted by atomic mass is 9.92. The Morgan fingerprint density at radius 3 is 2.69 bits per heavy atom. The number of hydrogen-bond donors (Lipinski definition) is 1. The van der Waals surface area contributed by atoms with Crippen molar-refractivity contribution in [2.24, 2.45) is 0 Å². The van der Waals surface area contributed by atoms with Crippen molar-refractivity contribution >= 4 is 44.7 Å². The lowest BCUT2D eigenvalue weighted by molar-refractivity contribution is 1.04. The quantitative estimate of drug-likeness (QED) is 0.493. The molecule has 0 aliphatic carbocycles. The van der Waals surface area contributed by atoms with Crippen molar-refractivity contribution in [1.29, 1.82) is 5.26 Å². The second-order valence-electron chi connectivity index (χ2n) is 5.70. The topological polar surface area (TPSA) is 61.6 Å². The molecule has 4 aromatic rings. The molecule has 4 nitrogen and oxygen atoms in total. The van der Waals surface area contributed by atoms with E-state index in [2.05, 4.69) is 21.4 Å². The fourth-order valence-corrected chi connectivity index (χ4v) is 3.86. The van der Waals surface area contributed by atoms with Crippen LogP contribution in [0.15, 0.2) is 66.3 Å². The molecule has 0 saturated heterocycles. The highest BCUT2D eigenvalue weighted by Gasteiger charge is 2.17. The van der Waals surface area contributed by atoms with Crippen LogP contribution in [0.3, 0.4) is 0 Å². The molecule has 26 heavy (non-hydrogen) atoms. The van der Waals surface area contributed by atoms with E-state index in [1.165, 1.54) is 6.33 Å². The van der Waals surface area contributed by atoms with Crippen LogP contribution in [0.2, 0.25) is 5.02 Å². The van der Waals surface area contributed by atoms with E-state index in [1.54, 1.807) is 11.3 Å². The molecule has 2 aromatic carbocycles. The Labute approximate surface area is 159 Å². The molecule has 4 rings (SSSR count). The van der Waals surface area contributed by atoms with E-state index in [4.69, 9.17) is 11.6 Å². The molecular weight excluding hydrogens is 364 g/mol. The first-order chi connectivity index (χ1) is 12.8. The summed E-state index contributed by atoms with van der Waals surface area (Å²) in [5, 5.41) is 16.4. The maximum absolute atomic E-state index is 9.62. The van der Waals surface area contributed by atoms with Crippen LogP contribution in [-0.2, 0) is 0 Å². The number of benzene rings is 2. The largest absolute Gasteiger partial charge is 0.340 e. The van der Waals surface area contributed by atoms with E-state index in [-0.39, 0.29) is 0 Å². The molecule has 2 heterocycles. The lowest BCUT2D eigenvalue weighted by Crippen LogP contribution is -2.00. The summed E-state index contributed by atoms with van der Waals surface area (Å²) in [5.74, 6) is 0.334. The minimum atomic E-state index is -0.402. The Hall–Kier alpha value is -2.94. The number of fused-ring (bicyclic) bond motifs is 1. The van der Waals surface area contributed by atoms with Crippen molar-refractivity contribution in [1.82, 2.24) is 9.97 Å². The first-order valence-corrected chi connectivity index (χ1v) is 9.21. The summed E-state index contributed by atoms with van der Waals surface area (Å²) in [6.07, 6.45) is 1.54. The summed E-state index contributed by atoms with van der Waals surface area (Å²) >= 11 is 8.06. The molecule has 0 saturated carbocycles. The summed E-state index contributed by atoms with van der Waals surface area (Å²) in [4.78, 5) is 9.49. The molecule has 126 valence electrons. The zero-order valence-corrected chi connectivity index (χ0v) is 15.1. The van der Waals surface area contributed by atoms with Gasteiger partial charge in [0.25, 0.3) is 0 Å². The number of hydrogen-bond acceptors (Lipinski definition) is 5. The van der Waals surface area contributed by atoms with Gasteiger partial charge in [0, 0.05) is 10.7 Å². The monoisotopic (exact) mass is 376 g/mol. The third kappa shape index (κ3) is 3.13. The Morgan fingerprint density at radius 1 is 1.08 bits per heavy atom. The van der Waals surface area contributed by atoms with Gasteiger partial charge >= 0.3 is 0 Å². The van der Waals surface area contributed by atoms with Crippen molar-refractivity contribution in [2.45, 2.75) is 5.92 Å². The third-order valence-corrected chi connectivity index (χ3v) is 5.25. The molecule has 0 bridgehead atoms. The molecule has 0 fully saturated rings. The third-order valence-electron chi connectivity index (χ3n) is 4.10. The first-order valence-electron chi connectivity index (χ1n) is 7.95. The average molecular weight is 377 g/mol. The van der Waals surface area contributed by atoms with Gasteiger partial charge in [0.2, 0.25) is 0 Å². The van der Waals surface area contributed by atoms with E-state index < -0.39 is 5.92 Å². The molecule has 1 atom stereocenters. The summed E-state index contributed by atoms with van der Waals surface area (Å²) < 4.78 is 0. The van der Waals surface area contributed by atoms with E-state index in [0.717, 1.165) is 32.8 Å². The molecule has 0 spiro atoms. The van der Waals surface area contributed by atoms with Gasteiger partial charge in [0.1, 0.15) is 17.0 Å². The number of thiophene rings is 1. The molecular formula is C20H13ClN4S. The van der Waals surface area contributed by atoms with Crippen molar-refractivity contribution in [3.8, 4) is 6.07 Å². The Balaban J connectivity index is 1.66. The van der Waals surface area contributed by atoms with Crippen molar-refractivity contribution in [3.63, 3.8) is 0 Å². The number of halogens is 1. The maximum atomic E-state index is 9.62. The van der Waals surface area contributed by atoms with Gasteiger partial charge in [-0.05, 0) is 34.7 Å². The molecule has 1 N–H and O–H groups in total. The summed E-state index contributed by atoms with van der Waals surface area (Å²) in [5.41, 5.74) is 2.53. The summed E-state index contributed by atoms with van der Waals surface area (Å²) in [7, 11) is 0.